The molecule has 0 saturated heterocycles. The summed E-state index contributed by atoms with van der Waals surface area (Å²) in [6.45, 7) is 20.2. The first-order valence-electron chi connectivity index (χ1n) is 31.3. The fourth-order valence-corrected chi connectivity index (χ4v) is 13.0. The van der Waals surface area contributed by atoms with E-state index in [1.807, 2.05) is 41.3 Å². The summed E-state index contributed by atoms with van der Waals surface area (Å²) in [6.07, 6.45) is 0. The van der Waals surface area contributed by atoms with Crippen LogP contribution in [0.1, 0.15) is 84.5 Å². The largest absolute Gasteiger partial charge is 0.309 e. The van der Waals surface area contributed by atoms with Crippen LogP contribution >= 0.6 is 22.9 Å². The zero-order valence-electron chi connectivity index (χ0n) is 53.6. The van der Waals surface area contributed by atoms with Gasteiger partial charge in [-0.1, -0.05) is 238 Å². The average Bonchev–Trinajstić information content (AvgIpc) is 1.51. The normalized spacial score (nSPS) is 12.8. The van der Waals surface area contributed by atoms with Crippen LogP contribution in [-0.2, 0) is 16.2 Å². The summed E-state index contributed by atoms with van der Waals surface area (Å²) >= 11 is 8.87. The molecule has 418 valence electrons. The first-order valence-corrected chi connectivity index (χ1v) is 30.5. The number of halogens is 1. The third-order valence-corrected chi connectivity index (χ3v) is 17.6. The van der Waals surface area contributed by atoms with Crippen LogP contribution in [0, 0.1) is 0 Å². The Labute approximate surface area is 516 Å². The first-order chi connectivity index (χ1) is 42.7. The topological polar surface area (TPSA) is 11.4 Å². The summed E-state index contributed by atoms with van der Waals surface area (Å²) in [4.78, 5) is 4.48. The van der Waals surface area contributed by atoms with Crippen LogP contribution in [0.4, 0.5) is 34.1 Å². The summed E-state index contributed by atoms with van der Waals surface area (Å²) in [5.41, 5.74) is 17.7. The Balaban J connectivity index is 1.20. The summed E-state index contributed by atoms with van der Waals surface area (Å²) in [6, 6.07) is 81.1. The number of rotatable bonds is 11. The van der Waals surface area contributed by atoms with Crippen molar-refractivity contribution in [3.63, 3.8) is 0 Å². The van der Waals surface area contributed by atoms with Gasteiger partial charge in [0.25, 0.3) is 0 Å². The number of nitrogens with zero attached hydrogens (tertiary/aromatic N) is 3. The molecule has 0 N–H and O–H groups in total. The molecule has 0 spiro atoms. The van der Waals surface area contributed by atoms with Gasteiger partial charge in [0, 0.05) is 76.3 Å². The van der Waals surface area contributed by atoms with Crippen LogP contribution in [0.15, 0.2) is 260 Å². The lowest BCUT2D eigenvalue weighted by atomic mass is 9.81. The van der Waals surface area contributed by atoms with Gasteiger partial charge in [0.2, 0.25) is 0 Å². The van der Waals surface area contributed by atoms with Crippen molar-refractivity contribution >= 4 is 89.0 Å². The minimum absolute atomic E-state index is 0.0977. The van der Waals surface area contributed by atoms with E-state index in [9.17, 15) is 4.11 Å². The number of hydrogen-bond acceptors (Lipinski definition) is 3. The van der Waals surface area contributed by atoms with E-state index in [2.05, 4.69) is 271 Å². The van der Waals surface area contributed by atoms with Crippen molar-refractivity contribution < 1.29 is 5.48 Å². The number of fused-ring (bicyclic) bond motifs is 4. The van der Waals surface area contributed by atoms with Gasteiger partial charge in [0.15, 0.2) is 0 Å². The Kier molecular flexibility index (Phi) is 13.0. The zero-order valence-corrected chi connectivity index (χ0v) is 51.2. The molecule has 11 aromatic carbocycles. The van der Waals surface area contributed by atoms with Crippen molar-refractivity contribution in [1.29, 1.82) is 0 Å². The quantitative estimate of drug-likeness (QED) is 0.128. The van der Waals surface area contributed by atoms with Crippen LogP contribution in [0.3, 0.4) is 0 Å². The lowest BCUT2D eigenvalue weighted by Gasteiger charge is -2.36. The van der Waals surface area contributed by atoms with Gasteiger partial charge in [-0.2, -0.15) is 0 Å². The molecule has 2 aromatic heterocycles. The van der Waals surface area contributed by atoms with Gasteiger partial charge < -0.3 is 14.4 Å². The monoisotopic (exact) mass is 1140 g/mol. The van der Waals surface area contributed by atoms with Crippen molar-refractivity contribution in [1.82, 2.24) is 4.57 Å². The van der Waals surface area contributed by atoms with Crippen molar-refractivity contribution in [2.45, 2.75) is 78.6 Å². The predicted octanol–water partition coefficient (Wildman–Crippen LogP) is 24.2. The minimum atomic E-state index is -0.478. The van der Waals surface area contributed by atoms with Crippen LogP contribution in [0.2, 0.25) is 5.02 Å². The second-order valence-corrected chi connectivity index (χ2v) is 26.6. The molecular weight excluding hydrogens is 1070 g/mol. The molecule has 2 heterocycles. The minimum Gasteiger partial charge on any atom is -0.309 e. The van der Waals surface area contributed by atoms with Crippen molar-refractivity contribution in [3.8, 4) is 50.2 Å². The van der Waals surface area contributed by atoms with Gasteiger partial charge in [-0.25, -0.2) is 0 Å². The van der Waals surface area contributed by atoms with Gasteiger partial charge in [-0.05, 0) is 146 Å². The van der Waals surface area contributed by atoms with E-state index in [1.54, 1.807) is 11.3 Å². The van der Waals surface area contributed by atoms with Crippen LogP contribution in [0.25, 0.3) is 82.1 Å². The maximum absolute atomic E-state index is 10.1. The molecule has 0 unspecified atom stereocenters. The molecule has 0 amide bonds. The summed E-state index contributed by atoms with van der Waals surface area (Å²) in [5, 5.41) is 5.57. The molecule has 3 nitrogen and oxygen atoms in total. The molecule has 0 fully saturated rings. The summed E-state index contributed by atoms with van der Waals surface area (Å²) in [5.74, 6) is 0. The molecule has 0 aliphatic carbocycles. The fourth-order valence-electron chi connectivity index (χ4n) is 12.0. The molecule has 13 rings (SSSR count). The molecule has 0 aliphatic heterocycles. The Morgan fingerprint density at radius 1 is 0.400 bits per heavy atom. The number of anilines is 6. The lowest BCUT2D eigenvalue weighted by Crippen LogP contribution is -2.20. The Bertz CT molecular complexity index is 4640. The van der Waals surface area contributed by atoms with E-state index in [1.165, 1.54) is 16.3 Å². The highest BCUT2D eigenvalue weighted by Crippen LogP contribution is 2.55. The number of benzene rings is 11. The highest BCUT2D eigenvalue weighted by molar-refractivity contribution is 7.17. The Morgan fingerprint density at radius 2 is 0.800 bits per heavy atom. The second kappa shape index (κ2) is 21.9. The Hall–Kier alpha value is -8.93. The van der Waals surface area contributed by atoms with Gasteiger partial charge in [0.05, 0.1) is 33.6 Å². The predicted molar refractivity (Wildman–Crippen MR) is 368 cm³/mol. The molecule has 85 heavy (non-hydrogen) atoms. The molecule has 0 bridgehead atoms. The molecule has 13 aromatic rings. The molecule has 5 heteroatoms. The zero-order chi connectivity index (χ0) is 62.3. The molecule has 0 aliphatic rings. The van der Waals surface area contributed by atoms with E-state index in [0.717, 1.165) is 99.5 Å². The highest BCUT2D eigenvalue weighted by Gasteiger charge is 2.32. The number of hydrogen-bond donors (Lipinski definition) is 0. The highest BCUT2D eigenvalue weighted by atomic mass is 35.5. The SMILES string of the molecule is [2H]c1c([2H])c(Cl)c([2H])c(N(c2cc(N(c3c(-c4ccccc4)cc(C(C)(C)C)cc3-c3ccccc3)c3csc4cc(-n5c6ccccc6c6ccccc65)ccc34)cc(C(C)(C)C)c2)c2c(-c3ccccc3)cc(C(C)(C)C)cc2-c2ccccc2)c1[2H]. The van der Waals surface area contributed by atoms with Crippen LogP contribution in [0.5, 0.6) is 0 Å². The van der Waals surface area contributed by atoms with E-state index in [-0.39, 0.29) is 45.7 Å². The van der Waals surface area contributed by atoms with Gasteiger partial charge >= 0.3 is 0 Å². The van der Waals surface area contributed by atoms with Crippen molar-refractivity contribution in [2.75, 3.05) is 9.80 Å². The maximum atomic E-state index is 10.1. The lowest BCUT2D eigenvalue weighted by molar-refractivity contribution is 0.590. The maximum Gasteiger partial charge on any atom is 0.0661 e. The van der Waals surface area contributed by atoms with E-state index in [4.69, 9.17) is 13.0 Å². The molecular formula is C80H70ClN3S. The first kappa shape index (κ1) is 50.6. The van der Waals surface area contributed by atoms with Crippen molar-refractivity contribution in [3.05, 3.63) is 282 Å². The van der Waals surface area contributed by atoms with E-state index < -0.39 is 5.41 Å². The third-order valence-electron chi connectivity index (χ3n) is 16.4. The summed E-state index contributed by atoms with van der Waals surface area (Å²) in [7, 11) is 0. The number of thiophene rings is 1. The van der Waals surface area contributed by atoms with E-state index in [0.29, 0.717) is 11.4 Å². The average molecular weight is 1150 g/mol. The van der Waals surface area contributed by atoms with Gasteiger partial charge in [-0.3, -0.25) is 0 Å². The van der Waals surface area contributed by atoms with Crippen LogP contribution in [-0.4, -0.2) is 4.57 Å². The third kappa shape index (κ3) is 10.5. The second-order valence-electron chi connectivity index (χ2n) is 25.3. The van der Waals surface area contributed by atoms with Crippen LogP contribution < -0.4 is 9.80 Å². The Morgan fingerprint density at radius 3 is 1.25 bits per heavy atom. The molecule has 0 saturated carbocycles. The molecule has 0 atom stereocenters. The smallest absolute Gasteiger partial charge is 0.0661 e. The molecule has 0 radical (unpaired) electrons. The number of para-hydroxylation sites is 2. The standard InChI is InChI=1S/C80H70ClN3S/c1-78(2,3)57-43-63(82(61-36-26-35-60(81)49-61)76-68(53-27-14-10-15-28-53)45-58(79(4,5)6)46-69(76)54-29-16-11-17-30-54)50-64(44-57)84(77-70(55-31-18-12-19-32-55)47-59(80(7,8)9)48-71(77)56-33-20-13-21-34-56)74-52-85-75-51-62(41-42-67(74)75)83-72-39-24-22-37-65(72)66-38-23-25-40-73(66)83/h10-52H,1-9H3/i26D,35D,36D,49D. The van der Waals surface area contributed by atoms with Gasteiger partial charge in [0.1, 0.15) is 0 Å². The van der Waals surface area contributed by atoms with E-state index >= 15 is 0 Å². The summed E-state index contributed by atoms with van der Waals surface area (Å²) < 4.78 is 42.2. The number of aromatic nitrogens is 1. The fraction of sp³-hybridized carbons (Fsp3) is 0.150. The van der Waals surface area contributed by atoms with Gasteiger partial charge in [-0.15, -0.1) is 11.3 Å². The van der Waals surface area contributed by atoms with Crippen molar-refractivity contribution in [2.24, 2.45) is 0 Å².